The minimum atomic E-state index is -1.37. The maximum atomic E-state index is 12.9. The standard InChI is InChI=1S/C24H25ClN2O2/c1-2-17-26-24(23(28)29,19-9-5-3-6-10-19)22(18-13-15-20(25)16-14-18)27-21-11-7-4-8-12-21/h3-16,22,26-27H,2,17H2,1H3,(H,28,29). The van der Waals surface area contributed by atoms with Gasteiger partial charge in [-0.2, -0.15) is 0 Å². The molecule has 0 saturated heterocycles. The second kappa shape index (κ2) is 9.59. The minimum absolute atomic E-state index is 0.557. The first-order chi connectivity index (χ1) is 14.1. The van der Waals surface area contributed by atoms with Crippen LogP contribution in [0.1, 0.15) is 30.5 Å². The number of nitrogens with one attached hydrogen (secondary N) is 2. The van der Waals surface area contributed by atoms with Gasteiger partial charge in [-0.3, -0.25) is 5.32 Å². The number of carbonyl (C=O) groups is 1. The molecule has 0 heterocycles. The summed E-state index contributed by atoms with van der Waals surface area (Å²) in [5.74, 6) is -0.944. The molecule has 0 aliphatic rings. The van der Waals surface area contributed by atoms with E-state index in [1.165, 1.54) is 0 Å². The summed E-state index contributed by atoms with van der Waals surface area (Å²) in [4.78, 5) is 12.9. The van der Waals surface area contributed by atoms with E-state index in [0.29, 0.717) is 17.1 Å². The van der Waals surface area contributed by atoms with Crippen molar-refractivity contribution in [3.63, 3.8) is 0 Å². The molecule has 2 atom stereocenters. The maximum absolute atomic E-state index is 12.9. The second-order valence-electron chi connectivity index (χ2n) is 6.90. The number of para-hydroxylation sites is 1. The largest absolute Gasteiger partial charge is 0.480 e. The highest BCUT2D eigenvalue weighted by molar-refractivity contribution is 6.30. The van der Waals surface area contributed by atoms with Crippen molar-refractivity contribution in [3.8, 4) is 0 Å². The molecule has 3 aromatic carbocycles. The summed E-state index contributed by atoms with van der Waals surface area (Å²) < 4.78 is 0. The molecule has 0 spiro atoms. The van der Waals surface area contributed by atoms with Crippen molar-refractivity contribution >= 4 is 23.3 Å². The number of rotatable bonds is 9. The van der Waals surface area contributed by atoms with Crippen LogP contribution in [0.5, 0.6) is 0 Å². The number of halogens is 1. The van der Waals surface area contributed by atoms with E-state index in [-0.39, 0.29) is 0 Å². The fourth-order valence-corrected chi connectivity index (χ4v) is 3.64. The Morgan fingerprint density at radius 1 is 0.966 bits per heavy atom. The molecule has 0 fully saturated rings. The smallest absolute Gasteiger partial charge is 0.331 e. The molecule has 0 aliphatic heterocycles. The van der Waals surface area contributed by atoms with Gasteiger partial charge in [0.15, 0.2) is 5.54 Å². The van der Waals surface area contributed by atoms with Gasteiger partial charge in [-0.05, 0) is 48.4 Å². The molecule has 0 saturated carbocycles. The molecule has 3 aromatic rings. The van der Waals surface area contributed by atoms with Gasteiger partial charge in [0.05, 0.1) is 6.04 Å². The highest BCUT2D eigenvalue weighted by Gasteiger charge is 2.48. The number of hydrogen-bond acceptors (Lipinski definition) is 3. The Bertz CT molecular complexity index is 917. The zero-order chi connectivity index (χ0) is 20.7. The first kappa shape index (κ1) is 20.9. The molecule has 3 rings (SSSR count). The van der Waals surface area contributed by atoms with Gasteiger partial charge in [0, 0.05) is 10.7 Å². The molecular weight excluding hydrogens is 384 g/mol. The second-order valence-corrected chi connectivity index (χ2v) is 7.34. The zero-order valence-corrected chi connectivity index (χ0v) is 17.1. The van der Waals surface area contributed by atoms with Crippen LogP contribution >= 0.6 is 11.6 Å². The molecular formula is C24H25ClN2O2. The molecule has 0 bridgehead atoms. The van der Waals surface area contributed by atoms with Crippen LogP contribution in [-0.4, -0.2) is 17.6 Å². The lowest BCUT2D eigenvalue weighted by molar-refractivity contribution is -0.146. The first-order valence-corrected chi connectivity index (χ1v) is 10.1. The van der Waals surface area contributed by atoms with E-state index in [0.717, 1.165) is 17.7 Å². The van der Waals surface area contributed by atoms with Crippen LogP contribution in [0, 0.1) is 0 Å². The molecule has 29 heavy (non-hydrogen) atoms. The molecule has 4 nitrogen and oxygen atoms in total. The van der Waals surface area contributed by atoms with E-state index in [1.807, 2.05) is 79.7 Å². The van der Waals surface area contributed by atoms with Crippen LogP contribution in [-0.2, 0) is 10.3 Å². The number of aliphatic carboxylic acids is 1. The van der Waals surface area contributed by atoms with Crippen molar-refractivity contribution in [1.82, 2.24) is 5.32 Å². The number of carboxylic acid groups (broad SMARTS) is 1. The van der Waals surface area contributed by atoms with Crippen molar-refractivity contribution in [1.29, 1.82) is 0 Å². The molecule has 0 aromatic heterocycles. The van der Waals surface area contributed by atoms with Gasteiger partial charge in [-0.1, -0.05) is 79.2 Å². The Kier molecular flexibility index (Phi) is 6.91. The van der Waals surface area contributed by atoms with Gasteiger partial charge < -0.3 is 10.4 Å². The summed E-state index contributed by atoms with van der Waals surface area (Å²) in [6.07, 6.45) is 0.806. The highest BCUT2D eigenvalue weighted by atomic mass is 35.5. The Morgan fingerprint density at radius 2 is 1.55 bits per heavy atom. The van der Waals surface area contributed by atoms with E-state index in [4.69, 9.17) is 11.6 Å². The van der Waals surface area contributed by atoms with Gasteiger partial charge in [0.2, 0.25) is 0 Å². The maximum Gasteiger partial charge on any atom is 0.331 e. The van der Waals surface area contributed by atoms with Crippen molar-refractivity contribution in [2.24, 2.45) is 0 Å². The predicted octanol–water partition coefficient (Wildman–Crippen LogP) is 5.47. The van der Waals surface area contributed by atoms with E-state index in [9.17, 15) is 9.90 Å². The molecule has 3 N–H and O–H groups in total. The van der Waals surface area contributed by atoms with Crippen LogP contribution in [0.3, 0.4) is 0 Å². The van der Waals surface area contributed by atoms with Crippen molar-refractivity contribution in [2.75, 3.05) is 11.9 Å². The number of carboxylic acids is 1. The normalized spacial score (nSPS) is 14.0. The fourth-order valence-electron chi connectivity index (χ4n) is 3.51. The molecule has 0 radical (unpaired) electrons. The van der Waals surface area contributed by atoms with Gasteiger partial charge in [0.1, 0.15) is 0 Å². The van der Waals surface area contributed by atoms with E-state index < -0.39 is 17.6 Å². The van der Waals surface area contributed by atoms with E-state index in [2.05, 4.69) is 10.6 Å². The average molecular weight is 409 g/mol. The summed E-state index contributed by atoms with van der Waals surface area (Å²) in [6, 6.07) is 25.7. The van der Waals surface area contributed by atoms with Gasteiger partial charge in [-0.15, -0.1) is 0 Å². The van der Waals surface area contributed by atoms with Crippen molar-refractivity contribution in [2.45, 2.75) is 24.9 Å². The lowest BCUT2D eigenvalue weighted by Gasteiger charge is -2.40. The minimum Gasteiger partial charge on any atom is -0.480 e. The van der Waals surface area contributed by atoms with Gasteiger partial charge in [-0.25, -0.2) is 4.79 Å². The Labute approximate surface area is 176 Å². The number of anilines is 1. The molecule has 150 valence electrons. The molecule has 0 aliphatic carbocycles. The summed E-state index contributed by atoms with van der Waals surface area (Å²) in [5.41, 5.74) is 0.978. The Balaban J connectivity index is 2.20. The third-order valence-electron chi connectivity index (χ3n) is 4.94. The zero-order valence-electron chi connectivity index (χ0n) is 16.3. The van der Waals surface area contributed by atoms with Crippen molar-refractivity contribution < 1.29 is 9.90 Å². The van der Waals surface area contributed by atoms with Gasteiger partial charge in [0.25, 0.3) is 0 Å². The summed E-state index contributed by atoms with van der Waals surface area (Å²) in [7, 11) is 0. The average Bonchev–Trinajstić information content (AvgIpc) is 2.75. The molecule has 0 amide bonds. The molecule has 2 unspecified atom stereocenters. The lowest BCUT2D eigenvalue weighted by atomic mass is 9.78. The van der Waals surface area contributed by atoms with Crippen LogP contribution in [0.4, 0.5) is 5.69 Å². The summed E-state index contributed by atoms with van der Waals surface area (Å²) in [5, 5.41) is 17.9. The number of benzene rings is 3. The van der Waals surface area contributed by atoms with Crippen LogP contribution in [0.25, 0.3) is 0 Å². The Morgan fingerprint density at radius 3 is 2.10 bits per heavy atom. The SMILES string of the molecule is CCCNC(C(=O)O)(c1ccccc1)C(Nc1ccccc1)c1ccc(Cl)cc1. The quantitative estimate of drug-likeness (QED) is 0.439. The topological polar surface area (TPSA) is 61.4 Å². The predicted molar refractivity (Wildman–Crippen MR) is 118 cm³/mol. The summed E-state index contributed by atoms with van der Waals surface area (Å²) in [6.45, 7) is 2.58. The highest BCUT2D eigenvalue weighted by Crippen LogP contribution is 2.39. The van der Waals surface area contributed by atoms with Crippen LogP contribution in [0.2, 0.25) is 5.02 Å². The lowest BCUT2D eigenvalue weighted by Crippen LogP contribution is -2.56. The Hall–Kier alpha value is -2.82. The first-order valence-electron chi connectivity index (χ1n) is 9.69. The van der Waals surface area contributed by atoms with Crippen LogP contribution in [0.15, 0.2) is 84.9 Å². The summed E-state index contributed by atoms with van der Waals surface area (Å²) >= 11 is 6.10. The van der Waals surface area contributed by atoms with Crippen molar-refractivity contribution in [3.05, 3.63) is 101 Å². The van der Waals surface area contributed by atoms with Crippen LogP contribution < -0.4 is 10.6 Å². The van der Waals surface area contributed by atoms with E-state index >= 15 is 0 Å². The third kappa shape index (κ3) is 4.61. The van der Waals surface area contributed by atoms with E-state index in [1.54, 1.807) is 12.1 Å². The van der Waals surface area contributed by atoms with Gasteiger partial charge >= 0.3 is 5.97 Å². The monoisotopic (exact) mass is 408 g/mol. The molecule has 5 heteroatoms. The third-order valence-corrected chi connectivity index (χ3v) is 5.19. The fraction of sp³-hybridized carbons (Fsp3) is 0.208. The number of hydrogen-bond donors (Lipinski definition) is 3.